The van der Waals surface area contributed by atoms with E-state index in [2.05, 4.69) is 39.2 Å². The van der Waals surface area contributed by atoms with Crippen molar-refractivity contribution in [1.29, 1.82) is 0 Å². The second kappa shape index (κ2) is 7.46. The monoisotopic (exact) mass is 309 g/mol. The average molecular weight is 309 g/mol. The molecule has 1 saturated carbocycles. The van der Waals surface area contributed by atoms with E-state index in [-0.39, 0.29) is 11.9 Å². The Morgan fingerprint density at radius 1 is 1.27 bits per heavy atom. The molecule has 0 bridgehead atoms. The van der Waals surface area contributed by atoms with Gasteiger partial charge in [-0.2, -0.15) is 0 Å². The lowest BCUT2D eigenvalue weighted by molar-refractivity contribution is -0.197. The van der Waals surface area contributed by atoms with Gasteiger partial charge in [0.15, 0.2) is 5.79 Å². The molecule has 0 amide bonds. The molecular weight excluding hydrogens is 274 g/mol. The van der Waals surface area contributed by atoms with E-state index in [0.29, 0.717) is 5.41 Å². The van der Waals surface area contributed by atoms with Gasteiger partial charge in [-0.05, 0) is 37.1 Å². The molecule has 0 N–H and O–H groups in total. The van der Waals surface area contributed by atoms with Gasteiger partial charge in [-0.3, -0.25) is 4.90 Å². The van der Waals surface area contributed by atoms with Gasteiger partial charge < -0.3 is 9.47 Å². The van der Waals surface area contributed by atoms with Crippen molar-refractivity contribution >= 4 is 0 Å². The predicted octanol–water partition coefficient (Wildman–Crippen LogP) is 4.23. The Kier molecular flexibility index (Phi) is 6.09. The molecule has 0 radical (unpaired) electrons. The zero-order valence-electron chi connectivity index (χ0n) is 15.1. The molecule has 1 atom stereocenters. The maximum Gasteiger partial charge on any atom is 0.168 e. The summed E-state index contributed by atoms with van der Waals surface area (Å²) in [6, 6.07) is 0. The van der Waals surface area contributed by atoms with Crippen molar-refractivity contribution in [3.05, 3.63) is 12.7 Å². The Balaban J connectivity index is 1.77. The normalized spacial score (nSPS) is 32.8. The van der Waals surface area contributed by atoms with Crippen LogP contribution in [0.25, 0.3) is 0 Å². The lowest BCUT2D eigenvalue weighted by atomic mass is 9.71. The third kappa shape index (κ3) is 4.56. The van der Waals surface area contributed by atoms with Crippen LogP contribution in [0.2, 0.25) is 0 Å². The minimum Gasteiger partial charge on any atom is -0.347 e. The highest BCUT2D eigenvalue weighted by Crippen LogP contribution is 2.45. The first-order chi connectivity index (χ1) is 10.4. The molecule has 2 aliphatic rings. The Bertz CT molecular complexity index is 353. The zero-order chi connectivity index (χ0) is 16.2. The average Bonchev–Trinajstić information content (AvgIpc) is 2.86. The molecule has 1 aliphatic heterocycles. The first-order valence-corrected chi connectivity index (χ1v) is 9.03. The molecule has 1 heterocycles. The highest BCUT2D eigenvalue weighted by Gasteiger charge is 2.45. The summed E-state index contributed by atoms with van der Waals surface area (Å²) in [6.07, 6.45) is 7.90. The molecule has 0 aromatic carbocycles. The van der Waals surface area contributed by atoms with Crippen LogP contribution in [0.4, 0.5) is 0 Å². The lowest BCUT2D eigenvalue weighted by Crippen LogP contribution is -2.39. The molecule has 1 unspecified atom stereocenters. The second-order valence-electron chi connectivity index (χ2n) is 8.07. The van der Waals surface area contributed by atoms with Crippen molar-refractivity contribution in [2.75, 3.05) is 26.2 Å². The largest absolute Gasteiger partial charge is 0.347 e. The maximum absolute atomic E-state index is 6.35. The molecule has 2 rings (SSSR count). The first kappa shape index (κ1) is 18.0. The lowest BCUT2D eigenvalue weighted by Gasteiger charge is -2.41. The van der Waals surface area contributed by atoms with Gasteiger partial charge in [-0.25, -0.2) is 0 Å². The van der Waals surface area contributed by atoms with E-state index in [1.54, 1.807) is 0 Å². The highest BCUT2D eigenvalue weighted by molar-refractivity contribution is 4.89. The molecule has 1 spiro atoms. The van der Waals surface area contributed by atoms with Crippen LogP contribution in [-0.4, -0.2) is 43.0 Å². The van der Waals surface area contributed by atoms with E-state index < -0.39 is 0 Å². The van der Waals surface area contributed by atoms with Crippen LogP contribution in [0, 0.1) is 11.3 Å². The Morgan fingerprint density at radius 3 is 2.50 bits per heavy atom. The number of hydrogen-bond donors (Lipinski definition) is 0. The van der Waals surface area contributed by atoms with Crippen LogP contribution < -0.4 is 0 Å². The first-order valence-electron chi connectivity index (χ1n) is 9.03. The Hall–Kier alpha value is -0.380. The molecule has 3 heteroatoms. The molecule has 0 aromatic heterocycles. The fourth-order valence-electron chi connectivity index (χ4n) is 3.83. The summed E-state index contributed by atoms with van der Waals surface area (Å²) < 4.78 is 12.5. The van der Waals surface area contributed by atoms with E-state index in [1.807, 2.05) is 6.08 Å². The van der Waals surface area contributed by atoms with Crippen LogP contribution in [0.15, 0.2) is 12.7 Å². The minimum atomic E-state index is -0.262. The SMILES string of the molecule is C=CCN(CC)CCC1COC2(CCC(C(C)(C)C)CC2)O1. The van der Waals surface area contributed by atoms with Gasteiger partial charge in [-0.15, -0.1) is 6.58 Å². The van der Waals surface area contributed by atoms with Gasteiger partial charge in [0.05, 0.1) is 12.7 Å². The number of ether oxygens (including phenoxy) is 2. The van der Waals surface area contributed by atoms with Crippen molar-refractivity contribution in [2.24, 2.45) is 11.3 Å². The molecule has 1 saturated heterocycles. The summed E-state index contributed by atoms with van der Waals surface area (Å²) in [6.45, 7) is 17.0. The van der Waals surface area contributed by atoms with E-state index in [9.17, 15) is 0 Å². The van der Waals surface area contributed by atoms with Crippen LogP contribution >= 0.6 is 0 Å². The summed E-state index contributed by atoms with van der Waals surface area (Å²) >= 11 is 0. The van der Waals surface area contributed by atoms with Gasteiger partial charge in [-0.1, -0.05) is 33.8 Å². The topological polar surface area (TPSA) is 21.7 Å². The fraction of sp³-hybridized carbons (Fsp3) is 0.895. The van der Waals surface area contributed by atoms with Gasteiger partial charge in [0.25, 0.3) is 0 Å². The van der Waals surface area contributed by atoms with E-state index >= 15 is 0 Å². The summed E-state index contributed by atoms with van der Waals surface area (Å²) in [5, 5.41) is 0. The maximum atomic E-state index is 6.35. The minimum absolute atomic E-state index is 0.262. The molecule has 1 aliphatic carbocycles. The van der Waals surface area contributed by atoms with Gasteiger partial charge >= 0.3 is 0 Å². The Morgan fingerprint density at radius 2 is 1.95 bits per heavy atom. The van der Waals surface area contributed by atoms with Crippen molar-refractivity contribution < 1.29 is 9.47 Å². The highest BCUT2D eigenvalue weighted by atomic mass is 16.7. The summed E-state index contributed by atoms with van der Waals surface area (Å²) in [5.74, 6) is 0.537. The van der Waals surface area contributed by atoms with Crippen LogP contribution in [-0.2, 0) is 9.47 Å². The second-order valence-corrected chi connectivity index (χ2v) is 8.07. The quantitative estimate of drug-likeness (QED) is 0.685. The van der Waals surface area contributed by atoms with Gasteiger partial charge in [0.1, 0.15) is 0 Å². The van der Waals surface area contributed by atoms with Crippen molar-refractivity contribution in [1.82, 2.24) is 4.90 Å². The molecule has 0 aromatic rings. The summed E-state index contributed by atoms with van der Waals surface area (Å²) in [5.41, 5.74) is 0.409. The fourth-order valence-corrected chi connectivity index (χ4v) is 3.83. The third-order valence-corrected chi connectivity index (χ3v) is 5.49. The third-order valence-electron chi connectivity index (χ3n) is 5.49. The summed E-state index contributed by atoms with van der Waals surface area (Å²) in [7, 11) is 0. The Labute approximate surface area is 137 Å². The molecule has 128 valence electrons. The number of rotatable bonds is 6. The van der Waals surface area contributed by atoms with Crippen molar-refractivity contribution in [3.8, 4) is 0 Å². The summed E-state index contributed by atoms with van der Waals surface area (Å²) in [4.78, 5) is 2.40. The van der Waals surface area contributed by atoms with Crippen LogP contribution in [0.3, 0.4) is 0 Å². The van der Waals surface area contributed by atoms with Crippen molar-refractivity contribution in [2.45, 2.75) is 71.7 Å². The molecule has 2 fully saturated rings. The predicted molar refractivity (Wildman–Crippen MR) is 91.9 cm³/mol. The molecular formula is C19H35NO2. The van der Waals surface area contributed by atoms with Gasteiger partial charge in [0, 0.05) is 25.9 Å². The van der Waals surface area contributed by atoms with E-state index in [4.69, 9.17) is 9.47 Å². The zero-order valence-corrected chi connectivity index (χ0v) is 15.1. The number of likely N-dealkylation sites (N-methyl/N-ethyl adjacent to an activating group) is 1. The smallest absolute Gasteiger partial charge is 0.168 e. The standard InChI is InChI=1S/C19H35NO2/c1-6-13-20(7-2)14-10-17-15-21-19(22-17)11-8-16(9-12-19)18(3,4)5/h6,16-17H,1,7-15H2,2-5H3. The molecule has 3 nitrogen and oxygen atoms in total. The van der Waals surface area contributed by atoms with Gasteiger partial charge in [0.2, 0.25) is 0 Å². The van der Waals surface area contributed by atoms with E-state index in [0.717, 1.165) is 51.4 Å². The van der Waals surface area contributed by atoms with Crippen LogP contribution in [0.1, 0.15) is 59.8 Å². The number of hydrogen-bond acceptors (Lipinski definition) is 3. The van der Waals surface area contributed by atoms with Crippen LogP contribution in [0.5, 0.6) is 0 Å². The van der Waals surface area contributed by atoms with E-state index in [1.165, 1.54) is 12.8 Å². The molecule has 22 heavy (non-hydrogen) atoms. The number of nitrogens with zero attached hydrogens (tertiary/aromatic N) is 1. The van der Waals surface area contributed by atoms with Crippen molar-refractivity contribution in [3.63, 3.8) is 0 Å².